The maximum absolute atomic E-state index is 6.14. The molecule has 5 nitrogen and oxygen atoms in total. The molecule has 1 heterocycles. The van der Waals surface area contributed by atoms with Crippen molar-refractivity contribution in [3.63, 3.8) is 0 Å². The average Bonchev–Trinajstić information content (AvgIpc) is 2.94. The Labute approximate surface area is 134 Å². The van der Waals surface area contributed by atoms with Gasteiger partial charge < -0.3 is 5.73 Å². The summed E-state index contributed by atoms with van der Waals surface area (Å²) in [5.41, 5.74) is 9.38. The van der Waals surface area contributed by atoms with Crippen molar-refractivity contribution in [2.75, 3.05) is 5.73 Å². The molecular weight excluding hydrogens is 354 g/mol. The average molecular weight is 365 g/mol. The summed E-state index contributed by atoms with van der Waals surface area (Å²) < 4.78 is 2.41. The van der Waals surface area contributed by atoms with Crippen molar-refractivity contribution in [1.29, 1.82) is 0 Å². The Kier molecular flexibility index (Phi) is 3.65. The van der Waals surface area contributed by atoms with E-state index in [1.54, 1.807) is 10.7 Å². The van der Waals surface area contributed by atoms with Gasteiger partial charge in [-0.05, 0) is 63.1 Å². The second-order valence-corrected chi connectivity index (χ2v) is 5.81. The molecule has 0 saturated heterocycles. The highest BCUT2D eigenvalue weighted by atomic mass is 79.9. The summed E-state index contributed by atoms with van der Waals surface area (Å²) in [6.45, 7) is 1.95. The van der Waals surface area contributed by atoms with Gasteiger partial charge in [0.05, 0.1) is 10.7 Å². The van der Waals surface area contributed by atoms with Crippen molar-refractivity contribution in [2.24, 2.45) is 0 Å². The van der Waals surface area contributed by atoms with E-state index in [-0.39, 0.29) is 0 Å². The molecule has 106 valence electrons. The fourth-order valence-corrected chi connectivity index (χ4v) is 2.51. The fraction of sp³-hybridized carbons (Fsp3) is 0.0714. The van der Waals surface area contributed by atoms with Gasteiger partial charge in [-0.1, -0.05) is 23.7 Å². The molecule has 0 bridgehead atoms. The van der Waals surface area contributed by atoms with Gasteiger partial charge in [-0.15, -0.1) is 5.10 Å². The minimum atomic E-state index is 0.588. The molecule has 0 spiro atoms. The quantitative estimate of drug-likeness (QED) is 0.705. The number of aromatic nitrogens is 4. The van der Waals surface area contributed by atoms with Gasteiger partial charge in [0.2, 0.25) is 0 Å². The van der Waals surface area contributed by atoms with Gasteiger partial charge in [0, 0.05) is 15.7 Å². The highest BCUT2D eigenvalue weighted by Crippen LogP contribution is 2.30. The summed E-state index contributed by atoms with van der Waals surface area (Å²) in [5, 5.41) is 12.5. The van der Waals surface area contributed by atoms with Crippen LogP contribution in [-0.4, -0.2) is 20.2 Å². The molecule has 7 heteroatoms. The number of hydrogen-bond donors (Lipinski definition) is 1. The molecular formula is C14H11BrClN5. The zero-order valence-corrected chi connectivity index (χ0v) is 13.4. The van der Waals surface area contributed by atoms with Crippen molar-refractivity contribution in [3.8, 4) is 17.1 Å². The summed E-state index contributed by atoms with van der Waals surface area (Å²) in [6, 6.07) is 11.3. The first-order chi connectivity index (χ1) is 10.1. The summed E-state index contributed by atoms with van der Waals surface area (Å²) in [5.74, 6) is 0.588. The van der Waals surface area contributed by atoms with Crippen LogP contribution in [0.4, 0.5) is 5.69 Å². The minimum absolute atomic E-state index is 0.588. The SMILES string of the molecule is Cc1cccc(-c2nnnn2-c2ccc(Cl)c(Br)c2)c1N. The van der Waals surface area contributed by atoms with Crippen LogP contribution in [0.3, 0.4) is 0 Å². The molecule has 2 aromatic carbocycles. The van der Waals surface area contributed by atoms with Gasteiger partial charge >= 0.3 is 0 Å². The van der Waals surface area contributed by atoms with Crippen molar-refractivity contribution in [3.05, 3.63) is 51.5 Å². The van der Waals surface area contributed by atoms with Crippen LogP contribution in [0.5, 0.6) is 0 Å². The number of aryl methyl sites for hydroxylation is 1. The van der Waals surface area contributed by atoms with Crippen LogP contribution in [0.2, 0.25) is 5.02 Å². The monoisotopic (exact) mass is 363 g/mol. The molecule has 3 aromatic rings. The largest absolute Gasteiger partial charge is 0.398 e. The number of anilines is 1. The van der Waals surface area contributed by atoms with Gasteiger partial charge in [-0.3, -0.25) is 0 Å². The molecule has 0 amide bonds. The highest BCUT2D eigenvalue weighted by molar-refractivity contribution is 9.10. The van der Waals surface area contributed by atoms with Gasteiger partial charge in [0.25, 0.3) is 0 Å². The lowest BCUT2D eigenvalue weighted by Crippen LogP contribution is -2.02. The lowest BCUT2D eigenvalue weighted by molar-refractivity contribution is 0.791. The zero-order valence-electron chi connectivity index (χ0n) is 11.1. The molecule has 0 saturated carbocycles. The molecule has 0 aliphatic rings. The number of hydrogen-bond acceptors (Lipinski definition) is 4. The molecule has 0 fully saturated rings. The number of nitrogen functional groups attached to an aromatic ring is 1. The topological polar surface area (TPSA) is 69.6 Å². The Bertz CT molecular complexity index is 815. The van der Waals surface area contributed by atoms with E-state index in [0.717, 1.165) is 21.3 Å². The van der Waals surface area contributed by atoms with Crippen LogP contribution in [0.15, 0.2) is 40.9 Å². The van der Waals surface area contributed by atoms with Crippen LogP contribution in [0.25, 0.3) is 17.1 Å². The van der Waals surface area contributed by atoms with Gasteiger partial charge in [-0.25, -0.2) is 0 Å². The van der Waals surface area contributed by atoms with Crippen LogP contribution in [-0.2, 0) is 0 Å². The summed E-state index contributed by atoms with van der Waals surface area (Å²) in [4.78, 5) is 0. The Hall–Kier alpha value is -1.92. The molecule has 0 aliphatic heterocycles. The third-order valence-electron chi connectivity index (χ3n) is 3.18. The second-order valence-electron chi connectivity index (χ2n) is 4.55. The minimum Gasteiger partial charge on any atom is -0.398 e. The Morgan fingerprint density at radius 2 is 2.05 bits per heavy atom. The van der Waals surface area contributed by atoms with Crippen LogP contribution >= 0.6 is 27.5 Å². The molecule has 21 heavy (non-hydrogen) atoms. The molecule has 0 radical (unpaired) electrons. The van der Waals surface area contributed by atoms with E-state index >= 15 is 0 Å². The Morgan fingerprint density at radius 3 is 2.81 bits per heavy atom. The number of benzene rings is 2. The van der Waals surface area contributed by atoms with E-state index < -0.39 is 0 Å². The van der Waals surface area contributed by atoms with Crippen molar-refractivity contribution in [1.82, 2.24) is 20.2 Å². The Balaban J connectivity index is 2.17. The van der Waals surface area contributed by atoms with Crippen LogP contribution in [0.1, 0.15) is 5.56 Å². The number of halogens is 2. The predicted octanol–water partition coefficient (Wildman–Crippen LogP) is 3.64. The lowest BCUT2D eigenvalue weighted by Gasteiger charge is -2.09. The molecule has 1 aromatic heterocycles. The third kappa shape index (κ3) is 2.52. The maximum atomic E-state index is 6.14. The summed E-state index contributed by atoms with van der Waals surface area (Å²) in [7, 11) is 0. The summed E-state index contributed by atoms with van der Waals surface area (Å²) >= 11 is 9.42. The van der Waals surface area contributed by atoms with E-state index in [9.17, 15) is 0 Å². The van der Waals surface area contributed by atoms with Crippen molar-refractivity contribution < 1.29 is 0 Å². The first-order valence-electron chi connectivity index (χ1n) is 6.17. The smallest absolute Gasteiger partial charge is 0.189 e. The first-order valence-corrected chi connectivity index (χ1v) is 7.34. The Morgan fingerprint density at radius 1 is 1.24 bits per heavy atom. The first kappa shape index (κ1) is 14.0. The molecule has 0 aliphatic carbocycles. The zero-order chi connectivity index (χ0) is 15.0. The predicted molar refractivity (Wildman–Crippen MR) is 86.4 cm³/mol. The molecule has 0 unspecified atom stereocenters. The number of rotatable bonds is 2. The van der Waals surface area contributed by atoms with Gasteiger partial charge in [0.15, 0.2) is 5.82 Å². The molecule has 0 atom stereocenters. The number of para-hydroxylation sites is 1. The second kappa shape index (κ2) is 5.46. The van der Waals surface area contributed by atoms with E-state index in [1.165, 1.54) is 0 Å². The third-order valence-corrected chi connectivity index (χ3v) is 4.40. The normalized spacial score (nSPS) is 10.8. The summed E-state index contributed by atoms with van der Waals surface area (Å²) in [6.07, 6.45) is 0. The van der Waals surface area contributed by atoms with Gasteiger partial charge in [-0.2, -0.15) is 4.68 Å². The maximum Gasteiger partial charge on any atom is 0.189 e. The van der Waals surface area contributed by atoms with E-state index in [0.29, 0.717) is 16.5 Å². The van der Waals surface area contributed by atoms with E-state index in [2.05, 4.69) is 31.5 Å². The molecule has 3 rings (SSSR count). The number of tetrazole rings is 1. The molecule has 2 N–H and O–H groups in total. The lowest BCUT2D eigenvalue weighted by atomic mass is 10.1. The number of nitrogens with zero attached hydrogens (tertiary/aromatic N) is 4. The fourth-order valence-electron chi connectivity index (χ4n) is 2.02. The van der Waals surface area contributed by atoms with Crippen LogP contribution < -0.4 is 5.73 Å². The standard InChI is InChI=1S/C14H11BrClN5/c1-8-3-2-4-10(13(8)17)14-18-19-20-21(14)9-5-6-12(16)11(15)7-9/h2-7H,17H2,1H3. The van der Waals surface area contributed by atoms with Crippen LogP contribution in [0, 0.1) is 6.92 Å². The highest BCUT2D eigenvalue weighted by Gasteiger charge is 2.15. The number of nitrogens with two attached hydrogens (primary N) is 1. The van der Waals surface area contributed by atoms with Crippen molar-refractivity contribution in [2.45, 2.75) is 6.92 Å². The van der Waals surface area contributed by atoms with E-state index in [4.69, 9.17) is 17.3 Å². The van der Waals surface area contributed by atoms with Gasteiger partial charge in [0.1, 0.15) is 0 Å². The van der Waals surface area contributed by atoms with Crippen molar-refractivity contribution >= 4 is 33.2 Å². The van der Waals surface area contributed by atoms with E-state index in [1.807, 2.05) is 37.3 Å².